The molecule has 0 saturated carbocycles. The fourth-order valence-electron chi connectivity index (χ4n) is 0.328. The van der Waals surface area contributed by atoms with Gasteiger partial charge in [-0.05, 0) is 13.8 Å². The summed E-state index contributed by atoms with van der Waals surface area (Å²) in [7, 11) is 1.58. The molecule has 0 aromatic heterocycles. The van der Waals surface area contributed by atoms with Gasteiger partial charge in [0, 0.05) is 0 Å². The first-order valence-corrected chi connectivity index (χ1v) is 2.79. The van der Waals surface area contributed by atoms with Crippen LogP contribution in [-0.4, -0.2) is 24.8 Å². The van der Waals surface area contributed by atoms with Crippen molar-refractivity contribution in [1.82, 2.24) is 0 Å². The average molecular weight is 115 g/mol. The van der Waals surface area contributed by atoms with E-state index in [9.17, 15) is 0 Å². The molecule has 0 amide bonds. The zero-order valence-corrected chi connectivity index (χ0v) is 5.59. The zero-order chi connectivity index (χ0) is 6.57. The minimum Gasteiger partial charge on any atom is -0.436 e. The predicted octanol–water partition coefficient (Wildman–Crippen LogP) is 0.440. The number of rotatable bonds is 3. The molecule has 8 heavy (non-hydrogen) atoms. The van der Waals surface area contributed by atoms with E-state index in [1.165, 1.54) is 0 Å². The second kappa shape index (κ2) is 3.92. The summed E-state index contributed by atoms with van der Waals surface area (Å²) in [6.07, 6.45) is -0.466. The number of aliphatic hydroxyl groups is 1. The third-order valence-electron chi connectivity index (χ3n) is 1.03. The molecule has 1 N–H and O–H groups in total. The van der Waals surface area contributed by atoms with Gasteiger partial charge in [0.25, 0.3) is 7.48 Å². The van der Waals surface area contributed by atoms with Gasteiger partial charge < -0.3 is 9.76 Å². The van der Waals surface area contributed by atoms with Crippen LogP contribution in [0.5, 0.6) is 0 Å². The highest BCUT2D eigenvalue weighted by Crippen LogP contribution is 1.94. The largest absolute Gasteiger partial charge is 0.436 e. The van der Waals surface area contributed by atoms with E-state index in [4.69, 9.17) is 9.76 Å². The maximum Gasteiger partial charge on any atom is 0.289 e. The Morgan fingerprint density at radius 2 is 2.00 bits per heavy atom. The molecule has 0 fully saturated rings. The second-order valence-corrected chi connectivity index (χ2v) is 1.82. The van der Waals surface area contributed by atoms with E-state index in [1.807, 2.05) is 6.92 Å². The van der Waals surface area contributed by atoms with Crippen LogP contribution in [0.15, 0.2) is 0 Å². The van der Waals surface area contributed by atoms with Gasteiger partial charge in [-0.1, -0.05) is 6.82 Å². The second-order valence-electron chi connectivity index (χ2n) is 1.82. The van der Waals surface area contributed by atoms with Crippen molar-refractivity contribution in [2.24, 2.45) is 0 Å². The lowest BCUT2D eigenvalue weighted by Crippen LogP contribution is -2.23. The van der Waals surface area contributed by atoms with Gasteiger partial charge in [-0.3, -0.25) is 0 Å². The van der Waals surface area contributed by atoms with Crippen molar-refractivity contribution in [2.45, 2.75) is 32.9 Å². The summed E-state index contributed by atoms with van der Waals surface area (Å²) in [6, 6.07) is 0. The number of hydrogen-bond acceptors (Lipinski definition) is 2. The molecule has 0 aromatic rings. The average Bonchev–Trinajstić information content (AvgIpc) is 1.67. The zero-order valence-electron chi connectivity index (χ0n) is 5.59. The molecule has 2 nitrogen and oxygen atoms in total. The minimum absolute atomic E-state index is 0.0833. The van der Waals surface area contributed by atoms with E-state index in [0.29, 0.717) is 0 Å². The van der Waals surface area contributed by atoms with Gasteiger partial charge in [-0.15, -0.1) is 0 Å². The molecule has 1 radical (unpaired) electrons. The standard InChI is InChI=1S/C5H12BO2/c1-4(7)5(2)8-6-3/h4-5,7H,1-3H3. The van der Waals surface area contributed by atoms with Crippen LogP contribution in [0, 0.1) is 0 Å². The Morgan fingerprint density at radius 1 is 1.50 bits per heavy atom. The lowest BCUT2D eigenvalue weighted by molar-refractivity contribution is 0.0635. The van der Waals surface area contributed by atoms with E-state index >= 15 is 0 Å². The van der Waals surface area contributed by atoms with E-state index < -0.39 is 0 Å². The molecular formula is C5H12BO2. The Hall–Kier alpha value is -0.0151. The first-order chi connectivity index (χ1) is 3.68. The highest BCUT2D eigenvalue weighted by Gasteiger charge is 2.05. The summed E-state index contributed by atoms with van der Waals surface area (Å²) in [6.45, 7) is 5.32. The molecule has 0 aliphatic rings. The molecule has 2 atom stereocenters. The Morgan fingerprint density at radius 3 is 2.12 bits per heavy atom. The van der Waals surface area contributed by atoms with Crippen molar-refractivity contribution < 1.29 is 9.76 Å². The van der Waals surface area contributed by atoms with Crippen LogP contribution in [0.3, 0.4) is 0 Å². The Kier molecular flexibility index (Phi) is 3.92. The summed E-state index contributed by atoms with van der Waals surface area (Å²) < 4.78 is 4.93. The summed E-state index contributed by atoms with van der Waals surface area (Å²) in [5.41, 5.74) is 0. The maximum absolute atomic E-state index is 8.81. The van der Waals surface area contributed by atoms with E-state index in [2.05, 4.69) is 0 Å². The molecule has 3 heteroatoms. The van der Waals surface area contributed by atoms with Gasteiger partial charge in [-0.25, -0.2) is 0 Å². The fourth-order valence-corrected chi connectivity index (χ4v) is 0.328. The van der Waals surface area contributed by atoms with E-state index in [0.717, 1.165) is 0 Å². The van der Waals surface area contributed by atoms with Gasteiger partial charge in [0.2, 0.25) is 0 Å². The predicted molar refractivity (Wildman–Crippen MR) is 33.8 cm³/mol. The molecule has 2 unspecified atom stereocenters. The maximum atomic E-state index is 8.81. The van der Waals surface area contributed by atoms with Crippen LogP contribution >= 0.6 is 0 Å². The Balaban J connectivity index is 3.17. The van der Waals surface area contributed by atoms with E-state index in [1.54, 1.807) is 21.2 Å². The smallest absolute Gasteiger partial charge is 0.289 e. The monoisotopic (exact) mass is 115 g/mol. The molecule has 0 bridgehead atoms. The summed E-state index contributed by atoms with van der Waals surface area (Å²) in [5.74, 6) is 0. The van der Waals surface area contributed by atoms with Crippen LogP contribution in [0.2, 0.25) is 6.82 Å². The van der Waals surface area contributed by atoms with Crippen molar-refractivity contribution in [2.75, 3.05) is 0 Å². The van der Waals surface area contributed by atoms with Crippen molar-refractivity contribution in [3.63, 3.8) is 0 Å². The number of hydrogen-bond donors (Lipinski definition) is 1. The van der Waals surface area contributed by atoms with Crippen LogP contribution in [-0.2, 0) is 4.65 Å². The van der Waals surface area contributed by atoms with Crippen LogP contribution in [0.25, 0.3) is 0 Å². The van der Waals surface area contributed by atoms with Crippen LogP contribution in [0.1, 0.15) is 13.8 Å². The van der Waals surface area contributed by atoms with Gasteiger partial charge in [0.15, 0.2) is 0 Å². The lowest BCUT2D eigenvalue weighted by atomic mass is 10.1. The third kappa shape index (κ3) is 3.05. The molecule has 47 valence electrons. The molecule has 0 aliphatic carbocycles. The molecule has 0 spiro atoms. The summed E-state index contributed by atoms with van der Waals surface area (Å²) >= 11 is 0. The molecule has 0 aliphatic heterocycles. The van der Waals surface area contributed by atoms with Gasteiger partial charge in [0.1, 0.15) is 0 Å². The summed E-state index contributed by atoms with van der Waals surface area (Å²) in [5, 5.41) is 8.81. The van der Waals surface area contributed by atoms with Crippen molar-refractivity contribution in [3.8, 4) is 0 Å². The summed E-state index contributed by atoms with van der Waals surface area (Å²) in [4.78, 5) is 0. The van der Waals surface area contributed by atoms with E-state index in [-0.39, 0.29) is 12.2 Å². The van der Waals surface area contributed by atoms with Crippen molar-refractivity contribution in [3.05, 3.63) is 0 Å². The Bertz CT molecular complexity index is 56.4. The van der Waals surface area contributed by atoms with Crippen LogP contribution in [0.4, 0.5) is 0 Å². The van der Waals surface area contributed by atoms with Gasteiger partial charge in [0.05, 0.1) is 12.2 Å². The molecule has 0 rings (SSSR count). The fraction of sp³-hybridized carbons (Fsp3) is 1.00. The Labute approximate surface area is 51.1 Å². The molecule has 0 saturated heterocycles. The molecule has 0 heterocycles. The lowest BCUT2D eigenvalue weighted by Gasteiger charge is -2.13. The van der Waals surface area contributed by atoms with Gasteiger partial charge >= 0.3 is 0 Å². The minimum atomic E-state index is -0.383. The first-order valence-electron chi connectivity index (χ1n) is 2.79. The highest BCUT2D eigenvalue weighted by atomic mass is 16.5. The third-order valence-corrected chi connectivity index (χ3v) is 1.03. The normalized spacial score (nSPS) is 17.5. The van der Waals surface area contributed by atoms with Crippen molar-refractivity contribution in [1.29, 1.82) is 0 Å². The highest BCUT2D eigenvalue weighted by molar-refractivity contribution is 6.24. The van der Waals surface area contributed by atoms with Crippen molar-refractivity contribution >= 4 is 7.48 Å². The topological polar surface area (TPSA) is 29.5 Å². The van der Waals surface area contributed by atoms with Gasteiger partial charge in [-0.2, -0.15) is 0 Å². The first kappa shape index (κ1) is 7.98. The van der Waals surface area contributed by atoms with Crippen LogP contribution < -0.4 is 0 Å². The SMILES string of the molecule is C[B]OC(C)C(C)O. The molecular weight excluding hydrogens is 103 g/mol. The molecule has 0 aromatic carbocycles. The quantitative estimate of drug-likeness (QED) is 0.540. The number of aliphatic hydroxyl groups excluding tert-OH is 1.